The van der Waals surface area contributed by atoms with Crippen LogP contribution in [0.4, 0.5) is 0 Å². The Bertz CT molecular complexity index is 947. The molecule has 0 N–H and O–H groups in total. The lowest BCUT2D eigenvalue weighted by Crippen LogP contribution is -2.39. The van der Waals surface area contributed by atoms with Gasteiger partial charge in [0.2, 0.25) is 0 Å². The van der Waals surface area contributed by atoms with Crippen LogP contribution in [0.5, 0.6) is 0 Å². The highest BCUT2D eigenvalue weighted by Gasteiger charge is 2.46. The maximum atomic E-state index is 12.5. The summed E-state index contributed by atoms with van der Waals surface area (Å²) in [7, 11) is -3.39. The van der Waals surface area contributed by atoms with Crippen LogP contribution in [0.1, 0.15) is 40.5 Å². The Labute approximate surface area is 179 Å². The number of benzene rings is 1. The molecule has 0 amide bonds. The molecule has 1 aromatic carbocycles. The van der Waals surface area contributed by atoms with Gasteiger partial charge >= 0.3 is 0 Å². The second-order valence-corrected chi connectivity index (χ2v) is 10.9. The summed E-state index contributed by atoms with van der Waals surface area (Å²) in [6.45, 7) is 9.68. The third-order valence-corrected chi connectivity index (χ3v) is 7.70. The SMILES string of the molecule is CC(C=CC1=C(C)C2(CCC1(C)C)OCCO2)=CCS(=O)(=O)c1ccc(Cl)cc1. The lowest BCUT2D eigenvalue weighted by molar-refractivity contribution is -0.141. The largest absolute Gasteiger partial charge is 0.344 e. The van der Waals surface area contributed by atoms with E-state index in [1.54, 1.807) is 18.2 Å². The van der Waals surface area contributed by atoms with Gasteiger partial charge < -0.3 is 9.47 Å². The second-order valence-electron chi connectivity index (χ2n) is 8.39. The van der Waals surface area contributed by atoms with Crippen molar-refractivity contribution in [2.75, 3.05) is 19.0 Å². The Kier molecular flexibility index (Phi) is 6.44. The zero-order valence-corrected chi connectivity index (χ0v) is 19.1. The van der Waals surface area contributed by atoms with Crippen molar-refractivity contribution in [3.05, 3.63) is 64.2 Å². The number of hydrogen-bond donors (Lipinski definition) is 0. The summed E-state index contributed by atoms with van der Waals surface area (Å²) in [5.74, 6) is -0.646. The van der Waals surface area contributed by atoms with Gasteiger partial charge in [0.1, 0.15) is 0 Å². The van der Waals surface area contributed by atoms with E-state index in [-0.39, 0.29) is 16.1 Å². The smallest absolute Gasteiger partial charge is 0.191 e. The van der Waals surface area contributed by atoms with E-state index in [4.69, 9.17) is 21.1 Å². The summed E-state index contributed by atoms with van der Waals surface area (Å²) in [4.78, 5) is 0.277. The average Bonchev–Trinajstić information content (AvgIpc) is 3.14. The lowest BCUT2D eigenvalue weighted by Gasteiger charge is -2.42. The van der Waals surface area contributed by atoms with Crippen LogP contribution in [0.3, 0.4) is 0 Å². The summed E-state index contributed by atoms with van der Waals surface area (Å²) >= 11 is 5.85. The second kappa shape index (κ2) is 8.38. The molecule has 0 atom stereocenters. The number of sulfone groups is 1. The molecule has 1 saturated heterocycles. The van der Waals surface area contributed by atoms with Gasteiger partial charge in [-0.05, 0) is 61.1 Å². The summed E-state index contributed by atoms with van der Waals surface area (Å²) in [6.07, 6.45) is 7.63. The fourth-order valence-corrected chi connectivity index (χ4v) is 5.29. The number of hydrogen-bond acceptors (Lipinski definition) is 4. The summed E-state index contributed by atoms with van der Waals surface area (Å²) in [6, 6.07) is 6.26. The zero-order chi connectivity index (χ0) is 21.3. The molecule has 1 fully saturated rings. The van der Waals surface area contributed by atoms with Crippen molar-refractivity contribution in [3.8, 4) is 0 Å². The van der Waals surface area contributed by atoms with Crippen molar-refractivity contribution in [3.63, 3.8) is 0 Å². The summed E-state index contributed by atoms with van der Waals surface area (Å²) in [5.41, 5.74) is 3.21. The number of allylic oxidation sites excluding steroid dienone is 4. The number of halogens is 1. The van der Waals surface area contributed by atoms with Crippen LogP contribution in [0.15, 0.2) is 64.1 Å². The molecule has 158 valence electrons. The molecular weight excluding hydrogens is 408 g/mol. The van der Waals surface area contributed by atoms with Crippen molar-refractivity contribution in [2.45, 2.75) is 51.2 Å². The molecule has 1 aliphatic carbocycles. The number of ether oxygens (including phenoxy) is 2. The van der Waals surface area contributed by atoms with Crippen molar-refractivity contribution in [1.29, 1.82) is 0 Å². The standard InChI is InChI=1S/C23H29ClO4S/c1-17(11-16-29(25,26)20-8-6-19(24)7-9-20)5-10-21-18(2)23(27-14-15-28-23)13-12-22(21,3)4/h5-11H,12-16H2,1-4H3. The molecule has 4 nitrogen and oxygen atoms in total. The van der Waals surface area contributed by atoms with Gasteiger partial charge in [-0.1, -0.05) is 49.2 Å². The predicted molar refractivity (Wildman–Crippen MR) is 117 cm³/mol. The third kappa shape index (κ3) is 4.85. The van der Waals surface area contributed by atoms with E-state index in [0.29, 0.717) is 18.2 Å². The molecule has 0 radical (unpaired) electrons. The molecule has 3 rings (SSSR count). The first kappa shape index (κ1) is 22.3. The molecule has 0 unspecified atom stereocenters. The zero-order valence-electron chi connectivity index (χ0n) is 17.5. The van der Waals surface area contributed by atoms with Crippen LogP contribution in [-0.2, 0) is 19.3 Å². The predicted octanol–water partition coefficient (Wildman–Crippen LogP) is 5.50. The Morgan fingerprint density at radius 1 is 1.14 bits per heavy atom. The van der Waals surface area contributed by atoms with Gasteiger partial charge in [0.05, 0.1) is 23.9 Å². The Hall–Kier alpha value is -1.40. The van der Waals surface area contributed by atoms with Crippen LogP contribution in [0.2, 0.25) is 5.02 Å². The Balaban J connectivity index is 1.79. The molecular formula is C23H29ClO4S. The van der Waals surface area contributed by atoms with E-state index in [0.717, 1.165) is 24.0 Å². The van der Waals surface area contributed by atoms with E-state index in [2.05, 4.69) is 26.8 Å². The van der Waals surface area contributed by atoms with Gasteiger partial charge in [0.25, 0.3) is 0 Å². The van der Waals surface area contributed by atoms with Crippen molar-refractivity contribution >= 4 is 21.4 Å². The normalized spacial score (nSPS) is 22.0. The van der Waals surface area contributed by atoms with Crippen molar-refractivity contribution < 1.29 is 17.9 Å². The van der Waals surface area contributed by atoms with Crippen molar-refractivity contribution in [1.82, 2.24) is 0 Å². The highest BCUT2D eigenvalue weighted by Crippen LogP contribution is 2.48. The van der Waals surface area contributed by atoms with Crippen molar-refractivity contribution in [2.24, 2.45) is 5.41 Å². The minimum Gasteiger partial charge on any atom is -0.344 e. The molecule has 1 spiro atoms. The van der Waals surface area contributed by atoms with E-state index >= 15 is 0 Å². The van der Waals surface area contributed by atoms with Crippen LogP contribution in [0.25, 0.3) is 0 Å². The van der Waals surface area contributed by atoms with Crippen LogP contribution >= 0.6 is 11.6 Å². The lowest BCUT2D eigenvalue weighted by atomic mass is 9.70. The summed E-state index contributed by atoms with van der Waals surface area (Å²) in [5, 5.41) is 0.519. The monoisotopic (exact) mass is 436 g/mol. The molecule has 0 bridgehead atoms. The highest BCUT2D eigenvalue weighted by molar-refractivity contribution is 7.91. The van der Waals surface area contributed by atoms with Gasteiger partial charge in [0, 0.05) is 11.4 Å². The first-order valence-corrected chi connectivity index (χ1v) is 11.9. The van der Waals surface area contributed by atoms with Gasteiger partial charge in [-0.2, -0.15) is 0 Å². The van der Waals surface area contributed by atoms with Gasteiger partial charge in [-0.25, -0.2) is 8.42 Å². The quantitative estimate of drug-likeness (QED) is 0.572. The molecule has 1 aliphatic heterocycles. The molecule has 0 aromatic heterocycles. The topological polar surface area (TPSA) is 52.6 Å². The fraction of sp³-hybridized carbons (Fsp3) is 0.478. The minimum atomic E-state index is -3.39. The molecule has 1 aromatic rings. The molecule has 29 heavy (non-hydrogen) atoms. The maximum Gasteiger partial charge on any atom is 0.191 e. The molecule has 6 heteroatoms. The highest BCUT2D eigenvalue weighted by atomic mass is 35.5. The Morgan fingerprint density at radius 2 is 1.76 bits per heavy atom. The van der Waals surface area contributed by atoms with Crippen LogP contribution in [0, 0.1) is 5.41 Å². The van der Waals surface area contributed by atoms with E-state index in [9.17, 15) is 8.42 Å². The van der Waals surface area contributed by atoms with E-state index in [1.165, 1.54) is 17.7 Å². The van der Waals surface area contributed by atoms with Gasteiger partial charge in [-0.3, -0.25) is 0 Å². The average molecular weight is 437 g/mol. The number of rotatable bonds is 5. The van der Waals surface area contributed by atoms with Gasteiger partial charge in [0.15, 0.2) is 15.6 Å². The fourth-order valence-electron chi connectivity index (χ4n) is 3.94. The molecule has 2 aliphatic rings. The van der Waals surface area contributed by atoms with Crippen LogP contribution < -0.4 is 0 Å². The van der Waals surface area contributed by atoms with E-state index < -0.39 is 15.6 Å². The molecule has 1 heterocycles. The van der Waals surface area contributed by atoms with Gasteiger partial charge in [-0.15, -0.1) is 0 Å². The minimum absolute atomic E-state index is 0.0107. The maximum absolute atomic E-state index is 12.5. The summed E-state index contributed by atoms with van der Waals surface area (Å²) < 4.78 is 37.0. The van der Waals surface area contributed by atoms with E-state index in [1.807, 2.05) is 13.0 Å². The first-order chi connectivity index (χ1) is 13.6. The third-order valence-electron chi connectivity index (χ3n) is 5.85. The first-order valence-electron chi connectivity index (χ1n) is 9.89. The van der Waals surface area contributed by atoms with Crippen LogP contribution in [-0.4, -0.2) is 33.2 Å². The Morgan fingerprint density at radius 3 is 2.38 bits per heavy atom. The molecule has 0 saturated carbocycles.